The number of aliphatic hydroxyl groups is 1. The molecule has 1 rings (SSSR count). The lowest BCUT2D eigenvalue weighted by Crippen LogP contribution is -2.39. The summed E-state index contributed by atoms with van der Waals surface area (Å²) in [5, 5.41) is 10.1. The molecule has 0 aliphatic carbocycles. The molecule has 0 saturated carbocycles. The first kappa shape index (κ1) is 9.71. The summed E-state index contributed by atoms with van der Waals surface area (Å²) in [6.45, 7) is 6.64. The maximum absolute atomic E-state index is 10.1. The molecule has 0 aromatic heterocycles. The van der Waals surface area contributed by atoms with Gasteiger partial charge in [0.15, 0.2) is 0 Å². The summed E-state index contributed by atoms with van der Waals surface area (Å²) in [6, 6.07) is 0. The fourth-order valence-corrected chi connectivity index (χ4v) is 1.50. The number of rotatable bonds is 3. The first-order chi connectivity index (χ1) is 5.61. The Kier molecular flexibility index (Phi) is 2.88. The van der Waals surface area contributed by atoms with Crippen LogP contribution < -0.4 is 0 Å². The van der Waals surface area contributed by atoms with Crippen LogP contribution in [0.2, 0.25) is 0 Å². The summed E-state index contributed by atoms with van der Waals surface area (Å²) >= 11 is 0. The van der Waals surface area contributed by atoms with E-state index < -0.39 is 5.60 Å². The van der Waals surface area contributed by atoms with Gasteiger partial charge in [0.05, 0.1) is 19.3 Å². The summed E-state index contributed by atoms with van der Waals surface area (Å²) in [4.78, 5) is 0. The SMILES string of the molecule is C=C(COC)C1(O)CCOC1C. The summed E-state index contributed by atoms with van der Waals surface area (Å²) in [7, 11) is 1.59. The van der Waals surface area contributed by atoms with Crippen LogP contribution in [0.5, 0.6) is 0 Å². The average molecular weight is 172 g/mol. The lowest BCUT2D eigenvalue weighted by Gasteiger charge is -2.27. The van der Waals surface area contributed by atoms with E-state index in [1.54, 1.807) is 7.11 Å². The highest BCUT2D eigenvalue weighted by molar-refractivity contribution is 5.17. The maximum atomic E-state index is 10.1. The highest BCUT2D eigenvalue weighted by atomic mass is 16.5. The van der Waals surface area contributed by atoms with Crippen molar-refractivity contribution in [2.45, 2.75) is 25.0 Å². The summed E-state index contributed by atoms with van der Waals surface area (Å²) in [5.74, 6) is 0. The van der Waals surface area contributed by atoms with Crippen molar-refractivity contribution in [3.8, 4) is 0 Å². The summed E-state index contributed by atoms with van der Waals surface area (Å²) in [6.07, 6.45) is 0.455. The minimum Gasteiger partial charge on any atom is -0.383 e. The van der Waals surface area contributed by atoms with E-state index in [0.717, 1.165) is 0 Å². The summed E-state index contributed by atoms with van der Waals surface area (Å²) in [5.41, 5.74) is -0.175. The zero-order valence-corrected chi connectivity index (χ0v) is 7.67. The van der Waals surface area contributed by atoms with Crippen LogP contribution >= 0.6 is 0 Å². The van der Waals surface area contributed by atoms with Crippen LogP contribution in [0.4, 0.5) is 0 Å². The number of hydrogen-bond acceptors (Lipinski definition) is 3. The molecule has 12 heavy (non-hydrogen) atoms. The molecule has 2 unspecified atom stereocenters. The third kappa shape index (κ3) is 1.53. The van der Waals surface area contributed by atoms with Gasteiger partial charge in [-0.05, 0) is 12.5 Å². The van der Waals surface area contributed by atoms with Gasteiger partial charge in [-0.15, -0.1) is 0 Å². The van der Waals surface area contributed by atoms with Crippen LogP contribution in [0.1, 0.15) is 13.3 Å². The molecule has 1 N–H and O–H groups in total. The highest BCUT2D eigenvalue weighted by Gasteiger charge is 2.41. The molecular formula is C9H16O3. The molecule has 1 fully saturated rings. The first-order valence-electron chi connectivity index (χ1n) is 4.12. The van der Waals surface area contributed by atoms with Crippen LogP contribution in [0, 0.1) is 0 Å². The van der Waals surface area contributed by atoms with Gasteiger partial charge in [-0.3, -0.25) is 0 Å². The first-order valence-corrected chi connectivity index (χ1v) is 4.12. The molecule has 1 heterocycles. The second-order valence-electron chi connectivity index (χ2n) is 3.22. The van der Waals surface area contributed by atoms with Gasteiger partial charge in [-0.2, -0.15) is 0 Å². The van der Waals surface area contributed by atoms with Crippen molar-refractivity contribution in [1.82, 2.24) is 0 Å². The van der Waals surface area contributed by atoms with E-state index in [1.165, 1.54) is 0 Å². The van der Waals surface area contributed by atoms with Gasteiger partial charge in [-0.1, -0.05) is 6.58 Å². The van der Waals surface area contributed by atoms with Gasteiger partial charge in [-0.25, -0.2) is 0 Å². The molecule has 3 nitrogen and oxygen atoms in total. The average Bonchev–Trinajstić information content (AvgIpc) is 2.34. The van der Waals surface area contributed by atoms with Crippen molar-refractivity contribution in [3.63, 3.8) is 0 Å². The van der Waals surface area contributed by atoms with Crippen molar-refractivity contribution in [3.05, 3.63) is 12.2 Å². The second kappa shape index (κ2) is 3.56. The Hall–Kier alpha value is -0.380. The summed E-state index contributed by atoms with van der Waals surface area (Å²) < 4.78 is 10.2. The second-order valence-corrected chi connectivity index (χ2v) is 3.22. The highest BCUT2D eigenvalue weighted by Crippen LogP contribution is 2.31. The molecule has 0 amide bonds. The minimum atomic E-state index is -0.879. The molecular weight excluding hydrogens is 156 g/mol. The van der Waals surface area contributed by atoms with E-state index in [-0.39, 0.29) is 6.10 Å². The van der Waals surface area contributed by atoms with Crippen molar-refractivity contribution in [1.29, 1.82) is 0 Å². The molecule has 1 saturated heterocycles. The van der Waals surface area contributed by atoms with Gasteiger partial charge in [0.2, 0.25) is 0 Å². The molecule has 0 aromatic carbocycles. The number of methoxy groups -OCH3 is 1. The zero-order chi connectivity index (χ0) is 9.19. The van der Waals surface area contributed by atoms with Crippen molar-refractivity contribution in [2.24, 2.45) is 0 Å². The topological polar surface area (TPSA) is 38.7 Å². The molecule has 3 heteroatoms. The molecule has 0 aromatic rings. The van der Waals surface area contributed by atoms with Gasteiger partial charge in [0.25, 0.3) is 0 Å². The predicted octanol–water partition coefficient (Wildman–Crippen LogP) is 0.729. The van der Waals surface area contributed by atoms with Crippen molar-refractivity contribution < 1.29 is 14.6 Å². The smallest absolute Gasteiger partial charge is 0.116 e. The van der Waals surface area contributed by atoms with E-state index in [2.05, 4.69) is 6.58 Å². The monoisotopic (exact) mass is 172 g/mol. The van der Waals surface area contributed by atoms with Gasteiger partial charge in [0, 0.05) is 13.5 Å². The minimum absolute atomic E-state index is 0.167. The third-order valence-corrected chi connectivity index (χ3v) is 2.45. The fourth-order valence-electron chi connectivity index (χ4n) is 1.50. The van der Waals surface area contributed by atoms with Crippen LogP contribution in [0.15, 0.2) is 12.2 Å². The Morgan fingerprint density at radius 1 is 1.83 bits per heavy atom. The van der Waals surface area contributed by atoms with Crippen LogP contribution in [-0.2, 0) is 9.47 Å². The van der Waals surface area contributed by atoms with Gasteiger partial charge < -0.3 is 14.6 Å². The van der Waals surface area contributed by atoms with E-state index in [9.17, 15) is 5.11 Å². The van der Waals surface area contributed by atoms with Crippen molar-refractivity contribution in [2.75, 3.05) is 20.3 Å². The van der Waals surface area contributed by atoms with Gasteiger partial charge >= 0.3 is 0 Å². The number of hydrogen-bond donors (Lipinski definition) is 1. The quantitative estimate of drug-likeness (QED) is 0.638. The largest absolute Gasteiger partial charge is 0.383 e. The van der Waals surface area contributed by atoms with Crippen LogP contribution in [0.25, 0.3) is 0 Å². The Bertz CT molecular complexity index is 179. The van der Waals surface area contributed by atoms with E-state index >= 15 is 0 Å². The van der Waals surface area contributed by atoms with E-state index in [0.29, 0.717) is 25.2 Å². The molecule has 0 radical (unpaired) electrons. The van der Waals surface area contributed by atoms with Crippen molar-refractivity contribution >= 4 is 0 Å². The Labute approximate surface area is 73.0 Å². The molecule has 1 aliphatic rings. The molecule has 2 atom stereocenters. The normalized spacial score (nSPS) is 35.4. The molecule has 0 spiro atoms. The Morgan fingerprint density at radius 3 is 2.92 bits per heavy atom. The predicted molar refractivity (Wildman–Crippen MR) is 46.0 cm³/mol. The number of ether oxygens (including phenoxy) is 2. The zero-order valence-electron chi connectivity index (χ0n) is 7.67. The Morgan fingerprint density at radius 2 is 2.50 bits per heavy atom. The maximum Gasteiger partial charge on any atom is 0.116 e. The van der Waals surface area contributed by atoms with Gasteiger partial charge in [0.1, 0.15) is 5.60 Å². The molecule has 70 valence electrons. The van der Waals surface area contributed by atoms with Crippen LogP contribution in [0.3, 0.4) is 0 Å². The molecule has 0 bridgehead atoms. The Balaban J connectivity index is 2.63. The van der Waals surface area contributed by atoms with E-state index in [4.69, 9.17) is 9.47 Å². The fraction of sp³-hybridized carbons (Fsp3) is 0.778. The van der Waals surface area contributed by atoms with Crippen LogP contribution in [-0.4, -0.2) is 37.1 Å². The lowest BCUT2D eigenvalue weighted by molar-refractivity contribution is -0.00865. The standard InChI is InChI=1S/C9H16O3/c1-7(6-11-3)9(10)4-5-12-8(9)2/h8,10H,1,4-6H2,2-3H3. The third-order valence-electron chi connectivity index (χ3n) is 2.45. The molecule has 1 aliphatic heterocycles. The lowest BCUT2D eigenvalue weighted by atomic mass is 9.89. The van der Waals surface area contributed by atoms with E-state index in [1.807, 2.05) is 6.92 Å².